The molecule has 1 aliphatic heterocycles. The molecule has 38 heavy (non-hydrogen) atoms. The Bertz CT molecular complexity index is 1610. The number of hydrogen-bond donors (Lipinski definition) is 0. The molecule has 0 spiro atoms. The first-order valence-electron chi connectivity index (χ1n) is 14.1. The van der Waals surface area contributed by atoms with Gasteiger partial charge in [0.1, 0.15) is 0 Å². The number of rotatable bonds is 4. The predicted octanol–water partition coefficient (Wildman–Crippen LogP) is 7.27. The van der Waals surface area contributed by atoms with Crippen LogP contribution in [-0.4, -0.2) is 16.7 Å². The van der Waals surface area contributed by atoms with E-state index in [1.165, 1.54) is 55.0 Å². The summed E-state index contributed by atoms with van der Waals surface area (Å²) in [7, 11) is 0. The Kier molecular flexibility index (Phi) is 5.94. The molecule has 6 rings (SSSR count). The summed E-state index contributed by atoms with van der Waals surface area (Å²) in [5, 5.41) is 2.40. The van der Waals surface area contributed by atoms with E-state index < -0.39 is 0 Å². The van der Waals surface area contributed by atoms with Gasteiger partial charge in [-0.25, -0.2) is 0 Å². The Morgan fingerprint density at radius 3 is 1.39 bits per heavy atom. The number of aromatic nitrogens is 2. The Hall–Kier alpha value is -3.46. The predicted molar refractivity (Wildman–Crippen MR) is 165 cm³/mol. The van der Waals surface area contributed by atoms with Crippen LogP contribution >= 0.6 is 0 Å². The molecule has 0 atom stereocenters. The maximum absolute atomic E-state index is 4.95. The third-order valence-electron chi connectivity index (χ3n) is 8.38. The van der Waals surface area contributed by atoms with E-state index in [4.69, 9.17) is 9.97 Å². The van der Waals surface area contributed by atoms with Gasteiger partial charge in [-0.15, -0.1) is 0 Å². The van der Waals surface area contributed by atoms with Crippen LogP contribution < -0.4 is 16.4 Å². The summed E-state index contributed by atoms with van der Waals surface area (Å²) < 4.78 is 0. The number of aryl methyl sites for hydroxylation is 2. The van der Waals surface area contributed by atoms with Crippen molar-refractivity contribution in [2.24, 2.45) is 0 Å². The number of nitrogens with zero attached hydrogens (tertiary/aromatic N) is 2. The minimum absolute atomic E-state index is 0.162. The summed E-state index contributed by atoms with van der Waals surface area (Å²) in [6.07, 6.45) is 0. The van der Waals surface area contributed by atoms with Crippen molar-refractivity contribution in [2.45, 2.75) is 73.1 Å². The smallest absolute Gasteiger partial charge is 0.243 e. The molecule has 0 saturated heterocycles. The molecular weight excluding hydrogens is 459 g/mol. The van der Waals surface area contributed by atoms with Gasteiger partial charge in [-0.1, -0.05) is 82.2 Å². The third kappa shape index (κ3) is 3.95. The zero-order chi connectivity index (χ0) is 26.9. The van der Waals surface area contributed by atoms with E-state index in [0.717, 1.165) is 22.4 Å². The van der Waals surface area contributed by atoms with Gasteiger partial charge < -0.3 is 0 Å². The lowest BCUT2D eigenvalue weighted by atomic mass is 9.36. The van der Waals surface area contributed by atoms with Crippen molar-refractivity contribution in [3.05, 3.63) is 88.7 Å². The van der Waals surface area contributed by atoms with Crippen LogP contribution in [0, 0.1) is 13.8 Å². The summed E-state index contributed by atoms with van der Waals surface area (Å²) in [5.41, 5.74) is 15.6. The van der Waals surface area contributed by atoms with Crippen molar-refractivity contribution < 1.29 is 0 Å². The van der Waals surface area contributed by atoms with Crippen molar-refractivity contribution in [3.63, 3.8) is 0 Å². The van der Waals surface area contributed by atoms with Crippen LogP contribution in [-0.2, 0) is 0 Å². The first kappa shape index (κ1) is 24.9. The largest absolute Gasteiger partial charge is 0.253 e. The summed E-state index contributed by atoms with van der Waals surface area (Å²) in [6.45, 7) is 18.3. The monoisotopic (exact) mass is 496 g/mol. The zero-order valence-electron chi connectivity index (χ0n) is 24.0. The number of fused-ring (bicyclic) bond motifs is 5. The zero-order valence-corrected chi connectivity index (χ0v) is 24.0. The number of benzene rings is 3. The molecule has 3 aromatic carbocycles. The van der Waals surface area contributed by atoms with Crippen LogP contribution in [0.1, 0.15) is 87.4 Å². The van der Waals surface area contributed by atoms with Crippen molar-refractivity contribution >= 4 is 44.9 Å². The summed E-state index contributed by atoms with van der Waals surface area (Å²) >= 11 is 0. The Balaban J connectivity index is 1.75. The quantitative estimate of drug-likeness (QED) is 0.240. The first-order valence-corrected chi connectivity index (χ1v) is 14.1. The van der Waals surface area contributed by atoms with Crippen LogP contribution in [0.5, 0.6) is 0 Å². The van der Waals surface area contributed by atoms with E-state index >= 15 is 0 Å². The minimum atomic E-state index is 0.162. The standard InChI is InChI=1S/C35H37BN2/c1-19(2)26-15-27(20(3)4)35(28(16-26)21(5)6)36-31-17-33-24(11-9-22(7)37-33)13-29(31)30-14-25-12-10-23(8)38-34(25)18-32(30)36/h9-21H,1-8H3. The van der Waals surface area contributed by atoms with Gasteiger partial charge in [0.25, 0.3) is 0 Å². The highest BCUT2D eigenvalue weighted by Crippen LogP contribution is 2.33. The van der Waals surface area contributed by atoms with Crippen LogP contribution in [0.2, 0.25) is 0 Å². The van der Waals surface area contributed by atoms with Gasteiger partial charge in [0.15, 0.2) is 0 Å². The van der Waals surface area contributed by atoms with Crippen molar-refractivity contribution in [2.75, 3.05) is 0 Å². The average molecular weight is 497 g/mol. The van der Waals surface area contributed by atoms with E-state index in [1.807, 2.05) is 0 Å². The summed E-state index contributed by atoms with van der Waals surface area (Å²) in [6, 6.07) is 23.1. The van der Waals surface area contributed by atoms with Gasteiger partial charge in [-0.2, -0.15) is 0 Å². The molecule has 1 aliphatic rings. The SMILES string of the molecule is Cc1ccc2cc3c(cc2n1)B(c1c(C(C)C)cc(C(C)C)cc1C(C)C)c1cc2nc(C)ccc2cc1-3. The lowest BCUT2D eigenvalue weighted by Crippen LogP contribution is -2.52. The van der Waals surface area contributed by atoms with E-state index in [1.54, 1.807) is 0 Å². The van der Waals surface area contributed by atoms with E-state index in [9.17, 15) is 0 Å². The molecule has 0 amide bonds. The van der Waals surface area contributed by atoms with Crippen LogP contribution in [0.25, 0.3) is 32.9 Å². The number of hydrogen-bond acceptors (Lipinski definition) is 2. The van der Waals surface area contributed by atoms with Crippen LogP contribution in [0.3, 0.4) is 0 Å². The van der Waals surface area contributed by atoms with Gasteiger partial charge in [0.05, 0.1) is 11.0 Å². The highest BCUT2D eigenvalue weighted by Gasteiger charge is 2.38. The third-order valence-corrected chi connectivity index (χ3v) is 8.38. The fraction of sp³-hybridized carbons (Fsp3) is 0.314. The molecule has 190 valence electrons. The lowest BCUT2D eigenvalue weighted by Gasteiger charge is -2.26. The molecule has 0 saturated carbocycles. The fourth-order valence-corrected chi connectivity index (χ4v) is 6.35. The summed E-state index contributed by atoms with van der Waals surface area (Å²) in [5.74, 6) is 1.35. The second-order valence-electron chi connectivity index (χ2n) is 12.2. The molecule has 0 radical (unpaired) electrons. The normalized spacial score (nSPS) is 12.9. The number of pyridine rings is 2. The highest BCUT2D eigenvalue weighted by atomic mass is 14.7. The van der Waals surface area contributed by atoms with Gasteiger partial charge in [0.2, 0.25) is 6.71 Å². The van der Waals surface area contributed by atoms with Crippen LogP contribution in [0.15, 0.2) is 60.7 Å². The molecule has 2 nitrogen and oxygen atoms in total. The van der Waals surface area contributed by atoms with Gasteiger partial charge >= 0.3 is 0 Å². The van der Waals surface area contributed by atoms with Gasteiger partial charge in [-0.3, -0.25) is 9.97 Å². The maximum atomic E-state index is 4.95. The van der Waals surface area contributed by atoms with E-state index in [2.05, 4.69) is 116 Å². The molecule has 3 heterocycles. The minimum Gasteiger partial charge on any atom is -0.253 e. The van der Waals surface area contributed by atoms with Crippen molar-refractivity contribution in [3.8, 4) is 11.1 Å². The molecule has 2 aromatic heterocycles. The second kappa shape index (κ2) is 9.08. The Morgan fingerprint density at radius 2 is 1.00 bits per heavy atom. The molecule has 0 fully saturated rings. The first-order chi connectivity index (χ1) is 18.1. The maximum Gasteiger partial charge on any atom is 0.243 e. The second-order valence-corrected chi connectivity index (χ2v) is 12.2. The van der Waals surface area contributed by atoms with Crippen molar-refractivity contribution in [1.82, 2.24) is 9.97 Å². The average Bonchev–Trinajstić information content (AvgIpc) is 3.16. The van der Waals surface area contributed by atoms with Gasteiger partial charge in [-0.05, 0) is 95.8 Å². The Labute approximate surface area is 227 Å². The molecule has 0 unspecified atom stereocenters. The van der Waals surface area contributed by atoms with E-state index in [0.29, 0.717) is 17.8 Å². The fourth-order valence-electron chi connectivity index (χ4n) is 6.35. The highest BCUT2D eigenvalue weighted by molar-refractivity contribution is 6.99. The Morgan fingerprint density at radius 1 is 0.553 bits per heavy atom. The summed E-state index contributed by atoms with van der Waals surface area (Å²) in [4.78, 5) is 9.90. The molecular formula is C35H37BN2. The van der Waals surface area contributed by atoms with E-state index in [-0.39, 0.29) is 6.71 Å². The molecule has 0 aliphatic carbocycles. The molecule has 5 aromatic rings. The lowest BCUT2D eigenvalue weighted by molar-refractivity contribution is 0.812. The van der Waals surface area contributed by atoms with Gasteiger partial charge in [0, 0.05) is 22.2 Å². The molecule has 0 bridgehead atoms. The van der Waals surface area contributed by atoms with Crippen LogP contribution in [0.4, 0.5) is 0 Å². The topological polar surface area (TPSA) is 25.8 Å². The molecule has 0 N–H and O–H groups in total. The molecule has 3 heteroatoms. The van der Waals surface area contributed by atoms with Crippen molar-refractivity contribution in [1.29, 1.82) is 0 Å².